The quantitative estimate of drug-likeness (QED) is 0.908. The second kappa shape index (κ2) is 5.39. The fourth-order valence-electron chi connectivity index (χ4n) is 1.72. The molecule has 0 unspecified atom stereocenters. The molecule has 2 rings (SSSR count). The van der Waals surface area contributed by atoms with Gasteiger partial charge in [-0.2, -0.15) is 13.2 Å². The molecule has 0 spiro atoms. The van der Waals surface area contributed by atoms with Crippen molar-refractivity contribution in [2.75, 3.05) is 0 Å². The first-order valence-corrected chi connectivity index (χ1v) is 5.75. The second-order valence-electron chi connectivity index (χ2n) is 4.25. The molecule has 0 fully saturated rings. The third kappa shape index (κ3) is 3.47. The Labute approximate surface area is 116 Å². The first kappa shape index (κ1) is 14.8. The number of aromatic nitrogens is 2. The van der Waals surface area contributed by atoms with Gasteiger partial charge in [0.15, 0.2) is 0 Å². The van der Waals surface area contributed by atoms with Gasteiger partial charge in [0.25, 0.3) is 5.56 Å². The molecule has 1 aromatic carbocycles. The zero-order chi connectivity index (χ0) is 15.6. The van der Waals surface area contributed by atoms with Crippen LogP contribution in [0.25, 0.3) is 0 Å². The Morgan fingerprint density at radius 1 is 1.33 bits per heavy atom. The Morgan fingerprint density at radius 3 is 2.62 bits per heavy atom. The summed E-state index contributed by atoms with van der Waals surface area (Å²) < 4.78 is 37.7. The number of carboxylic acid groups (broad SMARTS) is 1. The highest BCUT2D eigenvalue weighted by atomic mass is 19.4. The Bertz CT molecular complexity index is 738. The van der Waals surface area contributed by atoms with Crippen molar-refractivity contribution in [3.63, 3.8) is 0 Å². The van der Waals surface area contributed by atoms with Crippen LogP contribution in [0.15, 0.2) is 35.3 Å². The maximum Gasteiger partial charge on any atom is 0.416 e. The number of carboxylic acids is 1. The molecule has 0 aliphatic carbocycles. The van der Waals surface area contributed by atoms with Gasteiger partial charge in [0, 0.05) is 12.6 Å². The summed E-state index contributed by atoms with van der Waals surface area (Å²) >= 11 is 0. The zero-order valence-corrected chi connectivity index (χ0v) is 10.4. The van der Waals surface area contributed by atoms with E-state index in [9.17, 15) is 22.8 Å². The number of H-pyrrole nitrogens is 1. The number of benzene rings is 1. The molecule has 2 aromatic rings. The van der Waals surface area contributed by atoms with Crippen molar-refractivity contribution in [2.24, 2.45) is 0 Å². The van der Waals surface area contributed by atoms with Crippen LogP contribution in [0.4, 0.5) is 13.2 Å². The van der Waals surface area contributed by atoms with Crippen LogP contribution in [0.5, 0.6) is 0 Å². The van der Waals surface area contributed by atoms with E-state index in [-0.39, 0.29) is 12.2 Å². The van der Waals surface area contributed by atoms with Gasteiger partial charge in [-0.3, -0.25) is 4.79 Å². The van der Waals surface area contributed by atoms with Crippen molar-refractivity contribution in [3.05, 3.63) is 63.3 Å². The average molecular weight is 298 g/mol. The number of aromatic amines is 1. The van der Waals surface area contributed by atoms with Crippen LogP contribution < -0.4 is 5.56 Å². The molecule has 0 atom stereocenters. The molecule has 0 aliphatic heterocycles. The molecule has 8 heteroatoms. The first-order valence-electron chi connectivity index (χ1n) is 5.75. The number of nitrogens with zero attached hydrogens (tertiary/aromatic N) is 1. The van der Waals surface area contributed by atoms with E-state index < -0.39 is 28.8 Å². The highest BCUT2D eigenvalue weighted by Crippen LogP contribution is 2.29. The summed E-state index contributed by atoms with van der Waals surface area (Å²) in [5.74, 6) is -1.33. The number of alkyl halides is 3. The van der Waals surface area contributed by atoms with Crippen LogP contribution in [0.2, 0.25) is 0 Å². The molecule has 0 saturated carbocycles. The first-order chi connectivity index (χ1) is 9.77. The van der Waals surface area contributed by atoms with E-state index in [2.05, 4.69) is 9.97 Å². The van der Waals surface area contributed by atoms with Crippen LogP contribution >= 0.6 is 0 Å². The predicted molar refractivity (Wildman–Crippen MR) is 66.1 cm³/mol. The van der Waals surface area contributed by atoms with Crippen LogP contribution in [0.3, 0.4) is 0 Å². The number of hydrogen-bond donors (Lipinski definition) is 2. The topological polar surface area (TPSA) is 83.0 Å². The van der Waals surface area contributed by atoms with E-state index >= 15 is 0 Å². The van der Waals surface area contributed by atoms with Gasteiger partial charge < -0.3 is 10.1 Å². The molecular formula is C13H9F3N2O3. The van der Waals surface area contributed by atoms with Gasteiger partial charge in [-0.25, -0.2) is 9.78 Å². The number of halogens is 3. The lowest BCUT2D eigenvalue weighted by atomic mass is 10.1. The minimum Gasteiger partial charge on any atom is -0.477 e. The molecule has 0 saturated heterocycles. The lowest BCUT2D eigenvalue weighted by Crippen LogP contribution is -2.20. The molecule has 5 nitrogen and oxygen atoms in total. The molecule has 2 N–H and O–H groups in total. The van der Waals surface area contributed by atoms with Crippen molar-refractivity contribution >= 4 is 5.97 Å². The van der Waals surface area contributed by atoms with E-state index in [1.807, 2.05) is 0 Å². The molecule has 0 radical (unpaired) electrons. The van der Waals surface area contributed by atoms with E-state index in [0.29, 0.717) is 5.56 Å². The van der Waals surface area contributed by atoms with Gasteiger partial charge in [-0.15, -0.1) is 0 Å². The SMILES string of the molecule is O=C(O)c1cnc(Cc2cccc(C(F)(F)F)c2)[nH]c1=O. The summed E-state index contributed by atoms with van der Waals surface area (Å²) in [6, 6.07) is 4.60. The highest BCUT2D eigenvalue weighted by molar-refractivity contribution is 5.86. The Balaban J connectivity index is 2.29. The third-order valence-corrected chi connectivity index (χ3v) is 2.71. The molecule has 0 bridgehead atoms. The fourth-order valence-corrected chi connectivity index (χ4v) is 1.72. The van der Waals surface area contributed by atoms with Crippen LogP contribution in [-0.4, -0.2) is 21.0 Å². The van der Waals surface area contributed by atoms with Crippen LogP contribution in [0.1, 0.15) is 27.3 Å². The number of aromatic carboxylic acids is 1. The second-order valence-corrected chi connectivity index (χ2v) is 4.25. The highest BCUT2D eigenvalue weighted by Gasteiger charge is 2.30. The van der Waals surface area contributed by atoms with Gasteiger partial charge in [0.05, 0.1) is 5.56 Å². The maximum absolute atomic E-state index is 12.6. The van der Waals surface area contributed by atoms with Crippen molar-refractivity contribution < 1.29 is 23.1 Å². The van der Waals surface area contributed by atoms with Crippen molar-refractivity contribution in [1.29, 1.82) is 0 Å². The molecule has 0 aliphatic rings. The summed E-state index contributed by atoms with van der Waals surface area (Å²) in [6.07, 6.45) is -3.62. The smallest absolute Gasteiger partial charge is 0.416 e. The Morgan fingerprint density at radius 2 is 2.05 bits per heavy atom. The molecule has 1 heterocycles. The van der Waals surface area contributed by atoms with Crippen molar-refractivity contribution in [1.82, 2.24) is 9.97 Å². The van der Waals surface area contributed by atoms with E-state index in [4.69, 9.17) is 5.11 Å². The number of carbonyl (C=O) groups is 1. The van der Waals surface area contributed by atoms with Crippen LogP contribution in [-0.2, 0) is 12.6 Å². The largest absolute Gasteiger partial charge is 0.477 e. The summed E-state index contributed by atoms with van der Waals surface area (Å²) in [5, 5.41) is 8.69. The monoisotopic (exact) mass is 298 g/mol. The van der Waals surface area contributed by atoms with Gasteiger partial charge in [0.1, 0.15) is 11.4 Å². The lowest BCUT2D eigenvalue weighted by Gasteiger charge is -2.08. The average Bonchev–Trinajstić information content (AvgIpc) is 2.37. The molecule has 1 aromatic heterocycles. The van der Waals surface area contributed by atoms with Gasteiger partial charge >= 0.3 is 12.1 Å². The van der Waals surface area contributed by atoms with Gasteiger partial charge in [-0.1, -0.05) is 18.2 Å². The van der Waals surface area contributed by atoms with E-state index in [0.717, 1.165) is 18.3 Å². The zero-order valence-electron chi connectivity index (χ0n) is 10.4. The van der Waals surface area contributed by atoms with E-state index in [1.165, 1.54) is 12.1 Å². The molecule has 110 valence electrons. The molecule has 21 heavy (non-hydrogen) atoms. The van der Waals surface area contributed by atoms with Gasteiger partial charge in [0.2, 0.25) is 0 Å². The summed E-state index contributed by atoms with van der Waals surface area (Å²) in [4.78, 5) is 28.1. The van der Waals surface area contributed by atoms with Crippen molar-refractivity contribution in [3.8, 4) is 0 Å². The fraction of sp³-hybridized carbons (Fsp3) is 0.154. The van der Waals surface area contributed by atoms with E-state index in [1.54, 1.807) is 0 Å². The minimum absolute atomic E-state index is 0.0426. The predicted octanol–water partition coefficient (Wildman–Crippen LogP) is 2.08. The summed E-state index contributed by atoms with van der Waals surface area (Å²) in [7, 11) is 0. The Kier molecular flexibility index (Phi) is 3.79. The minimum atomic E-state index is -4.45. The molecule has 0 amide bonds. The number of hydrogen-bond acceptors (Lipinski definition) is 3. The Hall–Kier alpha value is -2.64. The third-order valence-electron chi connectivity index (χ3n) is 2.71. The number of rotatable bonds is 3. The molecular weight excluding hydrogens is 289 g/mol. The summed E-state index contributed by atoms with van der Waals surface area (Å²) in [6.45, 7) is 0. The van der Waals surface area contributed by atoms with Crippen LogP contribution in [0, 0.1) is 0 Å². The standard InChI is InChI=1S/C13H9F3N2O3/c14-13(15,16)8-3-1-2-7(4-8)5-10-17-6-9(12(20)21)11(19)18-10/h1-4,6H,5H2,(H,20,21)(H,17,18,19). The summed E-state index contributed by atoms with van der Waals surface area (Å²) in [5.41, 5.74) is -1.87. The normalized spacial score (nSPS) is 11.4. The van der Waals surface area contributed by atoms with Crippen molar-refractivity contribution in [2.45, 2.75) is 12.6 Å². The number of nitrogens with one attached hydrogen (secondary N) is 1. The van der Waals surface area contributed by atoms with Gasteiger partial charge in [-0.05, 0) is 11.6 Å². The maximum atomic E-state index is 12.6. The lowest BCUT2D eigenvalue weighted by molar-refractivity contribution is -0.137.